The Balaban J connectivity index is 1.43. The first-order chi connectivity index (χ1) is 13.5. The third kappa shape index (κ3) is 3.73. The van der Waals surface area contributed by atoms with Crippen LogP contribution in [-0.4, -0.2) is 37.4 Å². The van der Waals surface area contributed by atoms with E-state index >= 15 is 0 Å². The van der Waals surface area contributed by atoms with Gasteiger partial charge < -0.3 is 15.0 Å². The van der Waals surface area contributed by atoms with Crippen LogP contribution in [-0.2, 0) is 14.4 Å². The summed E-state index contributed by atoms with van der Waals surface area (Å²) in [5, 5.41) is 2.79. The average Bonchev–Trinajstić information content (AvgIpc) is 3.10. The van der Waals surface area contributed by atoms with E-state index < -0.39 is 0 Å². The first-order valence-electron chi connectivity index (χ1n) is 8.94. The lowest BCUT2D eigenvalue weighted by molar-refractivity contribution is -0.123. The second-order valence-corrected chi connectivity index (χ2v) is 7.54. The lowest BCUT2D eigenvalue weighted by Crippen LogP contribution is -2.43. The molecule has 0 aromatic heterocycles. The molecule has 0 atom stereocenters. The molecule has 2 aliphatic rings. The molecule has 4 rings (SSSR count). The number of benzene rings is 2. The van der Waals surface area contributed by atoms with E-state index in [-0.39, 0.29) is 30.9 Å². The normalized spacial score (nSPS) is 16.0. The molecule has 2 heterocycles. The number of hydrogen-bond donors (Lipinski definition) is 1. The largest absolute Gasteiger partial charge is 0.482 e. The van der Waals surface area contributed by atoms with Crippen LogP contribution in [0.25, 0.3) is 0 Å². The van der Waals surface area contributed by atoms with Gasteiger partial charge in [0.05, 0.1) is 5.69 Å². The third-order valence-electron chi connectivity index (χ3n) is 4.70. The molecule has 7 nitrogen and oxygen atoms in total. The van der Waals surface area contributed by atoms with Crippen LogP contribution in [0.15, 0.2) is 46.9 Å². The number of amides is 3. The van der Waals surface area contributed by atoms with Gasteiger partial charge in [0.25, 0.3) is 5.91 Å². The van der Waals surface area contributed by atoms with Gasteiger partial charge in [-0.2, -0.15) is 0 Å². The fourth-order valence-electron chi connectivity index (χ4n) is 3.34. The van der Waals surface area contributed by atoms with Crippen molar-refractivity contribution in [2.75, 3.05) is 34.8 Å². The highest BCUT2D eigenvalue weighted by Gasteiger charge is 2.27. The number of fused-ring (bicyclic) bond motifs is 1. The lowest BCUT2D eigenvalue weighted by Gasteiger charge is -2.29. The zero-order valence-corrected chi connectivity index (χ0v) is 16.6. The van der Waals surface area contributed by atoms with Crippen molar-refractivity contribution in [2.45, 2.75) is 12.8 Å². The van der Waals surface area contributed by atoms with Crippen LogP contribution in [0.2, 0.25) is 0 Å². The summed E-state index contributed by atoms with van der Waals surface area (Å²) in [6.07, 6.45) is 1.44. The number of nitrogens with zero attached hydrogens (tertiary/aromatic N) is 2. The number of halogens is 1. The van der Waals surface area contributed by atoms with Gasteiger partial charge in [0.15, 0.2) is 6.61 Å². The number of carbonyl (C=O) groups is 3. The van der Waals surface area contributed by atoms with E-state index in [9.17, 15) is 14.4 Å². The number of anilines is 3. The van der Waals surface area contributed by atoms with Crippen LogP contribution in [0.3, 0.4) is 0 Å². The molecule has 0 spiro atoms. The Hall–Kier alpha value is -2.87. The molecule has 2 aromatic carbocycles. The summed E-state index contributed by atoms with van der Waals surface area (Å²) in [5.41, 5.74) is 2.00. The van der Waals surface area contributed by atoms with Crippen molar-refractivity contribution in [2.24, 2.45) is 0 Å². The molecule has 1 fully saturated rings. The van der Waals surface area contributed by atoms with Gasteiger partial charge in [0, 0.05) is 28.8 Å². The van der Waals surface area contributed by atoms with Crippen molar-refractivity contribution in [1.29, 1.82) is 0 Å². The molecule has 1 saturated heterocycles. The summed E-state index contributed by atoms with van der Waals surface area (Å²) < 4.78 is 6.27. The maximum Gasteiger partial charge on any atom is 0.265 e. The topological polar surface area (TPSA) is 79.0 Å². The second kappa shape index (κ2) is 7.63. The van der Waals surface area contributed by atoms with Gasteiger partial charge >= 0.3 is 0 Å². The van der Waals surface area contributed by atoms with Crippen LogP contribution >= 0.6 is 15.9 Å². The van der Waals surface area contributed by atoms with Gasteiger partial charge in [-0.05, 0) is 48.9 Å². The fourth-order valence-corrected chi connectivity index (χ4v) is 3.68. The molecule has 8 heteroatoms. The van der Waals surface area contributed by atoms with Crippen molar-refractivity contribution < 1.29 is 19.1 Å². The Bertz CT molecular complexity index is 945. The van der Waals surface area contributed by atoms with Gasteiger partial charge in [0.2, 0.25) is 11.8 Å². The smallest absolute Gasteiger partial charge is 0.265 e. The van der Waals surface area contributed by atoms with E-state index in [4.69, 9.17) is 4.74 Å². The first-order valence-corrected chi connectivity index (χ1v) is 9.73. The molecule has 0 aliphatic carbocycles. The number of nitrogens with one attached hydrogen (secondary N) is 1. The number of rotatable bonds is 4. The van der Waals surface area contributed by atoms with Gasteiger partial charge in [-0.25, -0.2) is 0 Å². The standard InChI is InChI=1S/C20H18BrN3O4/c21-13-3-8-16-17(10-13)28-12-20(27)24(16)11-18(25)22-14-4-6-15(7-5-14)23-9-1-2-19(23)26/h3-8,10H,1-2,9,11-12H2,(H,22,25). The number of hydrogen-bond acceptors (Lipinski definition) is 4. The van der Waals surface area contributed by atoms with E-state index in [0.29, 0.717) is 23.5 Å². The van der Waals surface area contributed by atoms with Gasteiger partial charge in [-0.3, -0.25) is 19.3 Å². The van der Waals surface area contributed by atoms with Crippen LogP contribution in [0.1, 0.15) is 12.8 Å². The van der Waals surface area contributed by atoms with Gasteiger partial charge in [0.1, 0.15) is 12.3 Å². The summed E-state index contributed by atoms with van der Waals surface area (Å²) in [4.78, 5) is 39.7. The van der Waals surface area contributed by atoms with Crippen LogP contribution < -0.4 is 19.9 Å². The molecular formula is C20H18BrN3O4. The van der Waals surface area contributed by atoms with Gasteiger partial charge in [-0.15, -0.1) is 0 Å². The van der Waals surface area contributed by atoms with Crippen LogP contribution in [0.5, 0.6) is 5.75 Å². The number of ether oxygens (including phenoxy) is 1. The van der Waals surface area contributed by atoms with E-state index in [0.717, 1.165) is 23.1 Å². The highest BCUT2D eigenvalue weighted by atomic mass is 79.9. The van der Waals surface area contributed by atoms with Crippen molar-refractivity contribution in [3.05, 3.63) is 46.9 Å². The maximum absolute atomic E-state index is 12.5. The molecule has 144 valence electrons. The van der Waals surface area contributed by atoms with Crippen molar-refractivity contribution in [3.8, 4) is 5.75 Å². The van der Waals surface area contributed by atoms with E-state index in [1.165, 1.54) is 4.90 Å². The molecule has 1 N–H and O–H groups in total. The molecule has 0 saturated carbocycles. The zero-order valence-electron chi connectivity index (χ0n) is 15.0. The summed E-state index contributed by atoms with van der Waals surface area (Å²) >= 11 is 3.37. The Morgan fingerprint density at radius 3 is 2.61 bits per heavy atom. The maximum atomic E-state index is 12.5. The summed E-state index contributed by atoms with van der Waals surface area (Å²) in [5.74, 6) is 0.0938. The van der Waals surface area contributed by atoms with Crippen molar-refractivity contribution >= 4 is 50.7 Å². The van der Waals surface area contributed by atoms with Crippen molar-refractivity contribution in [3.63, 3.8) is 0 Å². The van der Waals surface area contributed by atoms with Crippen LogP contribution in [0.4, 0.5) is 17.1 Å². The molecule has 3 amide bonds. The second-order valence-electron chi connectivity index (χ2n) is 6.62. The molecular weight excluding hydrogens is 426 g/mol. The highest BCUT2D eigenvalue weighted by molar-refractivity contribution is 9.10. The lowest BCUT2D eigenvalue weighted by atomic mass is 10.2. The first kappa shape index (κ1) is 18.5. The Morgan fingerprint density at radius 2 is 1.89 bits per heavy atom. The fraction of sp³-hybridized carbons (Fsp3) is 0.250. The number of carbonyl (C=O) groups excluding carboxylic acids is 3. The highest BCUT2D eigenvalue weighted by Crippen LogP contribution is 2.34. The molecule has 28 heavy (non-hydrogen) atoms. The third-order valence-corrected chi connectivity index (χ3v) is 5.20. The Labute approximate surface area is 170 Å². The molecule has 2 aliphatic heterocycles. The average molecular weight is 444 g/mol. The molecule has 2 aromatic rings. The SMILES string of the molecule is O=C(CN1C(=O)COc2cc(Br)ccc21)Nc1ccc(N2CCCC2=O)cc1. The van der Waals surface area contributed by atoms with Crippen molar-refractivity contribution in [1.82, 2.24) is 0 Å². The minimum absolute atomic E-state index is 0.102. The quantitative estimate of drug-likeness (QED) is 0.787. The molecule has 0 unspecified atom stereocenters. The van der Waals surface area contributed by atoms with Gasteiger partial charge in [-0.1, -0.05) is 15.9 Å². The summed E-state index contributed by atoms with van der Waals surface area (Å²) in [6, 6.07) is 12.4. The Kier molecular flexibility index (Phi) is 5.04. The van der Waals surface area contributed by atoms with E-state index in [1.54, 1.807) is 35.2 Å². The predicted molar refractivity (Wildman–Crippen MR) is 109 cm³/mol. The summed E-state index contributed by atoms with van der Waals surface area (Å²) in [6.45, 7) is 0.512. The molecule has 0 bridgehead atoms. The molecule has 0 radical (unpaired) electrons. The minimum atomic E-state index is -0.311. The van der Waals surface area contributed by atoms with Crippen LogP contribution in [0, 0.1) is 0 Å². The monoisotopic (exact) mass is 443 g/mol. The Morgan fingerprint density at radius 1 is 1.11 bits per heavy atom. The van der Waals surface area contributed by atoms with E-state index in [2.05, 4.69) is 21.2 Å². The zero-order chi connectivity index (χ0) is 19.7. The summed E-state index contributed by atoms with van der Waals surface area (Å²) in [7, 11) is 0. The minimum Gasteiger partial charge on any atom is -0.482 e. The van der Waals surface area contributed by atoms with E-state index in [1.807, 2.05) is 12.1 Å². The predicted octanol–water partition coefficient (Wildman–Crippen LogP) is 2.94.